The van der Waals surface area contributed by atoms with Gasteiger partial charge in [0.05, 0.1) is 0 Å². The number of hydrogen-bond donors (Lipinski definition) is 0. The number of nitrogens with zero attached hydrogens (tertiary/aromatic N) is 2. The summed E-state index contributed by atoms with van der Waals surface area (Å²) in [6.07, 6.45) is 0. The Labute approximate surface area is 114 Å². The largest absolute Gasteiger partial charge is 0.336 e. The Morgan fingerprint density at radius 1 is 1.11 bits per heavy atom. The van der Waals surface area contributed by atoms with Crippen LogP contribution in [0.25, 0.3) is 0 Å². The van der Waals surface area contributed by atoms with Gasteiger partial charge in [-0.3, -0.25) is 9.69 Å². The highest BCUT2D eigenvalue weighted by atomic mass is 19.1. The molecule has 0 N–H and O–H groups in total. The first-order valence-corrected chi connectivity index (χ1v) is 6.62. The SMILES string of the molecule is C[C](C)CN1CCN(C(=O)c2ccc(F)cc2)CC1. The maximum atomic E-state index is 12.8. The van der Waals surface area contributed by atoms with Crippen LogP contribution in [0.5, 0.6) is 0 Å². The van der Waals surface area contributed by atoms with Crippen molar-refractivity contribution in [1.29, 1.82) is 0 Å². The number of halogens is 1. The predicted molar refractivity (Wildman–Crippen MR) is 73.3 cm³/mol. The molecule has 1 heterocycles. The van der Waals surface area contributed by atoms with Crippen molar-refractivity contribution in [3.63, 3.8) is 0 Å². The van der Waals surface area contributed by atoms with Crippen LogP contribution < -0.4 is 0 Å². The van der Waals surface area contributed by atoms with E-state index in [0.717, 1.165) is 32.7 Å². The minimum atomic E-state index is -0.310. The fourth-order valence-electron chi connectivity index (χ4n) is 2.33. The quantitative estimate of drug-likeness (QED) is 0.834. The molecule has 1 saturated heterocycles. The van der Waals surface area contributed by atoms with Crippen LogP contribution in [0.4, 0.5) is 4.39 Å². The molecule has 2 rings (SSSR count). The maximum absolute atomic E-state index is 12.8. The van der Waals surface area contributed by atoms with Crippen LogP contribution in [0.3, 0.4) is 0 Å². The van der Waals surface area contributed by atoms with Gasteiger partial charge in [0.15, 0.2) is 0 Å². The van der Waals surface area contributed by atoms with E-state index in [0.29, 0.717) is 5.56 Å². The zero-order valence-corrected chi connectivity index (χ0v) is 11.5. The van der Waals surface area contributed by atoms with Gasteiger partial charge < -0.3 is 4.90 Å². The minimum Gasteiger partial charge on any atom is -0.336 e. The van der Waals surface area contributed by atoms with E-state index >= 15 is 0 Å². The number of piperazine rings is 1. The van der Waals surface area contributed by atoms with Gasteiger partial charge in [0.25, 0.3) is 5.91 Å². The zero-order chi connectivity index (χ0) is 13.8. The van der Waals surface area contributed by atoms with Crippen molar-refractivity contribution in [1.82, 2.24) is 9.80 Å². The molecular weight excluding hydrogens is 243 g/mol. The number of carbonyl (C=O) groups excluding carboxylic acids is 1. The van der Waals surface area contributed by atoms with Crippen LogP contribution in [0.15, 0.2) is 24.3 Å². The third kappa shape index (κ3) is 3.77. The lowest BCUT2D eigenvalue weighted by atomic mass is 10.1. The Morgan fingerprint density at radius 2 is 1.68 bits per heavy atom. The highest BCUT2D eigenvalue weighted by Crippen LogP contribution is 2.11. The molecule has 1 aliphatic rings. The number of hydrogen-bond acceptors (Lipinski definition) is 2. The standard InChI is InChI=1S/C15H20FN2O/c1-12(2)11-17-7-9-18(10-8-17)15(19)13-3-5-14(16)6-4-13/h3-6H,7-11H2,1-2H3. The Bertz CT molecular complexity index is 422. The second-order valence-electron chi connectivity index (χ2n) is 5.28. The summed E-state index contributed by atoms with van der Waals surface area (Å²) in [6, 6.07) is 5.76. The van der Waals surface area contributed by atoms with Crippen molar-refractivity contribution in [2.75, 3.05) is 32.7 Å². The van der Waals surface area contributed by atoms with Gasteiger partial charge in [0, 0.05) is 38.3 Å². The molecule has 1 amide bonds. The van der Waals surface area contributed by atoms with E-state index in [-0.39, 0.29) is 11.7 Å². The molecule has 0 spiro atoms. The lowest BCUT2D eigenvalue weighted by Crippen LogP contribution is -2.49. The van der Waals surface area contributed by atoms with Gasteiger partial charge in [0.1, 0.15) is 5.82 Å². The van der Waals surface area contributed by atoms with E-state index in [9.17, 15) is 9.18 Å². The molecule has 3 nitrogen and oxygen atoms in total. The van der Waals surface area contributed by atoms with Gasteiger partial charge >= 0.3 is 0 Å². The molecule has 1 fully saturated rings. The summed E-state index contributed by atoms with van der Waals surface area (Å²) in [7, 11) is 0. The second kappa shape index (κ2) is 6.15. The highest BCUT2D eigenvalue weighted by Gasteiger charge is 2.22. The number of carbonyl (C=O) groups is 1. The van der Waals surface area contributed by atoms with Gasteiger partial charge in [-0.2, -0.15) is 0 Å². The van der Waals surface area contributed by atoms with E-state index < -0.39 is 0 Å². The van der Waals surface area contributed by atoms with Crippen LogP contribution in [0, 0.1) is 11.7 Å². The normalized spacial score (nSPS) is 16.9. The predicted octanol–water partition coefficient (Wildman–Crippen LogP) is 2.20. The van der Waals surface area contributed by atoms with Crippen molar-refractivity contribution in [2.24, 2.45) is 0 Å². The summed E-state index contributed by atoms with van der Waals surface area (Å²) in [4.78, 5) is 16.4. The lowest BCUT2D eigenvalue weighted by Gasteiger charge is -2.35. The summed E-state index contributed by atoms with van der Waals surface area (Å²) < 4.78 is 12.8. The Hall–Kier alpha value is -1.42. The molecule has 0 bridgehead atoms. The molecule has 1 aromatic carbocycles. The van der Waals surface area contributed by atoms with Gasteiger partial charge in [-0.1, -0.05) is 13.8 Å². The molecule has 103 valence electrons. The maximum Gasteiger partial charge on any atom is 0.253 e. The summed E-state index contributed by atoms with van der Waals surface area (Å²) in [5.74, 6) is 1.07. The van der Waals surface area contributed by atoms with Crippen LogP contribution in [0.2, 0.25) is 0 Å². The second-order valence-corrected chi connectivity index (χ2v) is 5.28. The Morgan fingerprint density at radius 3 is 2.21 bits per heavy atom. The van der Waals surface area contributed by atoms with Crippen molar-refractivity contribution in [3.05, 3.63) is 41.6 Å². The average molecular weight is 263 g/mol. The molecule has 0 aromatic heterocycles. The third-order valence-corrected chi connectivity index (χ3v) is 3.29. The van der Waals surface area contributed by atoms with E-state index in [1.165, 1.54) is 18.1 Å². The van der Waals surface area contributed by atoms with E-state index in [4.69, 9.17) is 0 Å². The van der Waals surface area contributed by atoms with Crippen LogP contribution in [-0.2, 0) is 0 Å². The molecule has 0 saturated carbocycles. The average Bonchev–Trinajstić information content (AvgIpc) is 2.39. The molecule has 0 atom stereocenters. The molecule has 1 aliphatic heterocycles. The van der Waals surface area contributed by atoms with Crippen molar-refractivity contribution < 1.29 is 9.18 Å². The van der Waals surface area contributed by atoms with Crippen molar-refractivity contribution in [2.45, 2.75) is 13.8 Å². The fourth-order valence-corrected chi connectivity index (χ4v) is 2.33. The van der Waals surface area contributed by atoms with Crippen LogP contribution >= 0.6 is 0 Å². The summed E-state index contributed by atoms with van der Waals surface area (Å²) in [5.41, 5.74) is 0.563. The molecule has 19 heavy (non-hydrogen) atoms. The number of rotatable bonds is 3. The first kappa shape index (κ1) is 14.0. The minimum absolute atomic E-state index is 0.00292. The van der Waals surface area contributed by atoms with Gasteiger partial charge in [-0.05, 0) is 30.2 Å². The van der Waals surface area contributed by atoms with E-state index in [1.54, 1.807) is 12.1 Å². The molecule has 1 aromatic rings. The van der Waals surface area contributed by atoms with Crippen molar-refractivity contribution in [3.8, 4) is 0 Å². The molecule has 1 radical (unpaired) electrons. The Balaban J connectivity index is 1.90. The van der Waals surface area contributed by atoms with Gasteiger partial charge in [0.2, 0.25) is 0 Å². The monoisotopic (exact) mass is 263 g/mol. The number of amides is 1. The topological polar surface area (TPSA) is 23.6 Å². The first-order valence-electron chi connectivity index (χ1n) is 6.62. The molecular formula is C15H20FN2O. The summed E-state index contributed by atoms with van der Waals surface area (Å²) in [5, 5.41) is 0. The smallest absolute Gasteiger partial charge is 0.253 e. The fraction of sp³-hybridized carbons (Fsp3) is 0.467. The molecule has 0 aliphatic carbocycles. The zero-order valence-electron chi connectivity index (χ0n) is 11.5. The highest BCUT2D eigenvalue weighted by molar-refractivity contribution is 5.94. The number of benzene rings is 1. The third-order valence-electron chi connectivity index (χ3n) is 3.29. The van der Waals surface area contributed by atoms with Crippen LogP contribution in [-0.4, -0.2) is 48.4 Å². The van der Waals surface area contributed by atoms with Gasteiger partial charge in [-0.25, -0.2) is 4.39 Å². The van der Waals surface area contributed by atoms with E-state index in [1.807, 2.05) is 4.90 Å². The van der Waals surface area contributed by atoms with E-state index in [2.05, 4.69) is 18.7 Å². The lowest BCUT2D eigenvalue weighted by molar-refractivity contribution is 0.0643. The Kier molecular flexibility index (Phi) is 4.53. The first-order chi connectivity index (χ1) is 9.06. The van der Waals surface area contributed by atoms with Crippen LogP contribution in [0.1, 0.15) is 24.2 Å². The molecule has 0 unspecified atom stereocenters. The summed E-state index contributed by atoms with van der Waals surface area (Å²) in [6.45, 7) is 8.52. The molecule has 4 heteroatoms. The summed E-state index contributed by atoms with van der Waals surface area (Å²) >= 11 is 0. The van der Waals surface area contributed by atoms with Gasteiger partial charge in [-0.15, -0.1) is 0 Å². The van der Waals surface area contributed by atoms with Crippen molar-refractivity contribution >= 4 is 5.91 Å².